The van der Waals surface area contributed by atoms with E-state index in [0.717, 1.165) is 37.2 Å². The second-order valence-corrected chi connectivity index (χ2v) is 6.83. The molecule has 0 aliphatic heterocycles. The molecule has 0 aromatic carbocycles. The molecule has 2 rings (SSSR count). The Morgan fingerprint density at radius 2 is 2.14 bits per heavy atom. The zero-order valence-corrected chi connectivity index (χ0v) is 14.2. The van der Waals surface area contributed by atoms with Crippen molar-refractivity contribution in [3.05, 3.63) is 12.2 Å². The molecule has 4 heteroatoms. The van der Waals surface area contributed by atoms with Gasteiger partial charge in [-0.2, -0.15) is 5.10 Å². The molecule has 1 aromatic rings. The van der Waals surface area contributed by atoms with E-state index in [9.17, 15) is 0 Å². The van der Waals surface area contributed by atoms with E-state index in [1.807, 2.05) is 0 Å². The standard InChI is InChI=1S/C17H32N4/c1-5-9-18-16-8-7-14(13(3)4)10-15(16)11-17-19-12-20-21(17)6-2/h12-16,18H,5-11H2,1-4H3. The van der Waals surface area contributed by atoms with Crippen LogP contribution in [0.25, 0.3) is 0 Å². The fourth-order valence-corrected chi connectivity index (χ4v) is 3.67. The highest BCUT2D eigenvalue weighted by Crippen LogP contribution is 2.35. The van der Waals surface area contributed by atoms with Crippen molar-refractivity contribution in [3.63, 3.8) is 0 Å². The molecule has 1 aliphatic rings. The zero-order chi connectivity index (χ0) is 15.2. The van der Waals surface area contributed by atoms with Gasteiger partial charge < -0.3 is 5.32 Å². The Bertz CT molecular complexity index is 413. The summed E-state index contributed by atoms with van der Waals surface area (Å²) >= 11 is 0. The van der Waals surface area contributed by atoms with Crippen molar-refractivity contribution in [1.82, 2.24) is 20.1 Å². The predicted molar refractivity (Wildman–Crippen MR) is 87.2 cm³/mol. The minimum absolute atomic E-state index is 0.655. The van der Waals surface area contributed by atoms with E-state index in [4.69, 9.17) is 0 Å². The molecule has 4 nitrogen and oxygen atoms in total. The molecule has 1 aliphatic carbocycles. The van der Waals surface area contributed by atoms with Crippen LogP contribution in [0.1, 0.15) is 59.2 Å². The molecule has 0 saturated heterocycles. The normalized spacial score (nSPS) is 26.4. The van der Waals surface area contributed by atoms with Crippen molar-refractivity contribution in [1.29, 1.82) is 0 Å². The van der Waals surface area contributed by atoms with E-state index in [0.29, 0.717) is 12.0 Å². The maximum Gasteiger partial charge on any atom is 0.138 e. The van der Waals surface area contributed by atoms with Gasteiger partial charge in [-0.15, -0.1) is 0 Å². The maximum absolute atomic E-state index is 4.49. The first-order valence-corrected chi connectivity index (χ1v) is 8.75. The number of hydrogen-bond donors (Lipinski definition) is 1. The maximum atomic E-state index is 4.49. The summed E-state index contributed by atoms with van der Waals surface area (Å²) in [5.41, 5.74) is 0. The molecule has 3 atom stereocenters. The van der Waals surface area contributed by atoms with Crippen molar-refractivity contribution >= 4 is 0 Å². The first-order valence-electron chi connectivity index (χ1n) is 8.75. The molecule has 1 fully saturated rings. The molecule has 3 unspecified atom stereocenters. The SMILES string of the molecule is CCCNC1CCC(C(C)C)CC1Cc1ncnn1CC. The van der Waals surface area contributed by atoms with Gasteiger partial charge in [-0.05, 0) is 56.9 Å². The van der Waals surface area contributed by atoms with Gasteiger partial charge in [0.15, 0.2) is 0 Å². The van der Waals surface area contributed by atoms with Gasteiger partial charge in [0.05, 0.1) is 0 Å². The topological polar surface area (TPSA) is 42.7 Å². The lowest BCUT2D eigenvalue weighted by atomic mass is 9.72. The molecule has 1 aromatic heterocycles. The van der Waals surface area contributed by atoms with Crippen LogP contribution in [0.4, 0.5) is 0 Å². The second-order valence-electron chi connectivity index (χ2n) is 6.83. The Balaban J connectivity index is 2.05. The lowest BCUT2D eigenvalue weighted by molar-refractivity contribution is 0.165. The molecule has 1 N–H and O–H groups in total. The largest absolute Gasteiger partial charge is 0.314 e. The number of rotatable bonds is 7. The summed E-state index contributed by atoms with van der Waals surface area (Å²) < 4.78 is 2.05. The Morgan fingerprint density at radius 3 is 2.81 bits per heavy atom. The monoisotopic (exact) mass is 292 g/mol. The number of aromatic nitrogens is 3. The average molecular weight is 292 g/mol. The summed E-state index contributed by atoms with van der Waals surface area (Å²) in [6.07, 6.45) is 8.00. The van der Waals surface area contributed by atoms with Gasteiger partial charge in [0, 0.05) is 19.0 Å². The van der Waals surface area contributed by atoms with Gasteiger partial charge in [0.25, 0.3) is 0 Å². The second kappa shape index (κ2) is 7.92. The molecular weight excluding hydrogens is 260 g/mol. The van der Waals surface area contributed by atoms with Crippen molar-refractivity contribution in [2.75, 3.05) is 6.54 Å². The molecule has 0 radical (unpaired) electrons. The highest BCUT2D eigenvalue weighted by atomic mass is 15.3. The number of aryl methyl sites for hydroxylation is 1. The van der Waals surface area contributed by atoms with E-state index in [2.05, 4.69) is 47.8 Å². The summed E-state index contributed by atoms with van der Waals surface area (Å²) in [5.74, 6) is 3.53. The smallest absolute Gasteiger partial charge is 0.138 e. The Morgan fingerprint density at radius 1 is 1.33 bits per heavy atom. The van der Waals surface area contributed by atoms with Crippen molar-refractivity contribution in [2.45, 2.75) is 72.4 Å². The van der Waals surface area contributed by atoms with Gasteiger partial charge in [-0.3, -0.25) is 4.68 Å². The fraction of sp³-hybridized carbons (Fsp3) is 0.882. The van der Waals surface area contributed by atoms with Crippen LogP contribution in [-0.2, 0) is 13.0 Å². The molecule has 0 bridgehead atoms. The van der Waals surface area contributed by atoms with Crippen molar-refractivity contribution in [3.8, 4) is 0 Å². The van der Waals surface area contributed by atoms with Crippen LogP contribution >= 0.6 is 0 Å². The molecule has 0 amide bonds. The Labute approximate surface area is 129 Å². The molecule has 0 spiro atoms. The van der Waals surface area contributed by atoms with Gasteiger partial charge in [-0.25, -0.2) is 4.98 Å². The quantitative estimate of drug-likeness (QED) is 0.838. The van der Waals surface area contributed by atoms with Gasteiger partial charge in [0.1, 0.15) is 12.2 Å². The summed E-state index contributed by atoms with van der Waals surface area (Å²) in [6.45, 7) is 11.2. The van der Waals surface area contributed by atoms with E-state index in [1.165, 1.54) is 25.7 Å². The van der Waals surface area contributed by atoms with Crippen molar-refractivity contribution in [2.24, 2.45) is 17.8 Å². The highest BCUT2D eigenvalue weighted by molar-refractivity contribution is 4.94. The Hall–Kier alpha value is -0.900. The highest BCUT2D eigenvalue weighted by Gasteiger charge is 2.32. The fourth-order valence-electron chi connectivity index (χ4n) is 3.67. The molecule has 1 heterocycles. The minimum Gasteiger partial charge on any atom is -0.314 e. The van der Waals surface area contributed by atoms with E-state index in [1.54, 1.807) is 6.33 Å². The van der Waals surface area contributed by atoms with E-state index in [-0.39, 0.29) is 0 Å². The summed E-state index contributed by atoms with van der Waals surface area (Å²) in [4.78, 5) is 4.49. The zero-order valence-electron chi connectivity index (χ0n) is 14.2. The van der Waals surface area contributed by atoms with Crippen LogP contribution in [0.5, 0.6) is 0 Å². The molecular formula is C17H32N4. The number of nitrogens with zero attached hydrogens (tertiary/aromatic N) is 3. The minimum atomic E-state index is 0.655. The molecule has 1 saturated carbocycles. The van der Waals surface area contributed by atoms with Gasteiger partial charge in [-0.1, -0.05) is 20.8 Å². The van der Waals surface area contributed by atoms with Crippen LogP contribution in [-0.4, -0.2) is 27.4 Å². The van der Waals surface area contributed by atoms with Crippen LogP contribution in [0.3, 0.4) is 0 Å². The predicted octanol–water partition coefficient (Wildman–Crippen LogP) is 3.28. The van der Waals surface area contributed by atoms with Crippen LogP contribution in [0.15, 0.2) is 6.33 Å². The van der Waals surface area contributed by atoms with Crippen LogP contribution < -0.4 is 5.32 Å². The average Bonchev–Trinajstić information content (AvgIpc) is 2.93. The number of nitrogens with one attached hydrogen (secondary N) is 1. The van der Waals surface area contributed by atoms with Crippen LogP contribution in [0, 0.1) is 17.8 Å². The van der Waals surface area contributed by atoms with Gasteiger partial charge in [0.2, 0.25) is 0 Å². The number of hydrogen-bond acceptors (Lipinski definition) is 3. The van der Waals surface area contributed by atoms with Gasteiger partial charge >= 0.3 is 0 Å². The summed E-state index contributed by atoms with van der Waals surface area (Å²) in [7, 11) is 0. The van der Waals surface area contributed by atoms with E-state index < -0.39 is 0 Å². The first-order chi connectivity index (χ1) is 10.2. The molecule has 21 heavy (non-hydrogen) atoms. The molecule has 120 valence electrons. The first kappa shape index (κ1) is 16.5. The third-order valence-corrected chi connectivity index (χ3v) is 5.06. The lowest BCUT2D eigenvalue weighted by Gasteiger charge is -2.38. The summed E-state index contributed by atoms with van der Waals surface area (Å²) in [5, 5.41) is 8.10. The van der Waals surface area contributed by atoms with E-state index >= 15 is 0 Å². The lowest BCUT2D eigenvalue weighted by Crippen LogP contribution is -2.43. The third kappa shape index (κ3) is 4.29. The Kier molecular flexibility index (Phi) is 6.22. The van der Waals surface area contributed by atoms with Crippen LogP contribution in [0.2, 0.25) is 0 Å². The van der Waals surface area contributed by atoms with Crippen molar-refractivity contribution < 1.29 is 0 Å². The summed E-state index contributed by atoms with van der Waals surface area (Å²) in [6, 6.07) is 0.655. The third-order valence-electron chi connectivity index (χ3n) is 5.06.